The third-order valence-electron chi connectivity index (χ3n) is 1.33. The molecule has 0 radical (unpaired) electrons. The van der Waals surface area contributed by atoms with Crippen LogP contribution in [0.3, 0.4) is 0 Å². The van der Waals surface area contributed by atoms with Crippen LogP contribution >= 0.6 is 9.21 Å². The van der Waals surface area contributed by atoms with Crippen molar-refractivity contribution < 1.29 is 8.42 Å². The number of hydrogen-bond donors (Lipinski definition) is 0. The summed E-state index contributed by atoms with van der Waals surface area (Å²) in [5.74, 6) is 0. The molecular formula is C6H4O2S2Se. The first kappa shape index (κ1) is 7.68. The Balaban J connectivity index is 2.75. The molecule has 2 rings (SSSR count). The van der Waals surface area contributed by atoms with Crippen LogP contribution in [0.15, 0.2) is 29.2 Å². The van der Waals surface area contributed by atoms with Crippen LogP contribution in [0.1, 0.15) is 0 Å². The van der Waals surface area contributed by atoms with Gasteiger partial charge in [-0.3, -0.25) is 0 Å². The zero-order valence-corrected chi connectivity index (χ0v) is 8.70. The van der Waals surface area contributed by atoms with E-state index in [0.717, 1.165) is 13.7 Å². The summed E-state index contributed by atoms with van der Waals surface area (Å²) < 4.78 is 23.5. The second-order valence-electron chi connectivity index (χ2n) is 2.05. The van der Waals surface area contributed by atoms with E-state index in [1.54, 1.807) is 12.1 Å². The van der Waals surface area contributed by atoms with Crippen molar-refractivity contribution >= 4 is 36.4 Å². The molecule has 0 N–H and O–H groups in total. The van der Waals surface area contributed by atoms with E-state index >= 15 is 0 Å². The van der Waals surface area contributed by atoms with Crippen LogP contribution in [-0.2, 0) is 8.87 Å². The molecule has 0 spiro atoms. The van der Waals surface area contributed by atoms with E-state index in [0.29, 0.717) is 4.90 Å². The zero-order valence-electron chi connectivity index (χ0n) is 5.35. The van der Waals surface area contributed by atoms with E-state index in [4.69, 9.17) is 0 Å². The second-order valence-corrected chi connectivity index (χ2v) is 9.97. The van der Waals surface area contributed by atoms with Crippen LogP contribution in [0.4, 0.5) is 0 Å². The molecule has 11 heavy (non-hydrogen) atoms. The Morgan fingerprint density at radius 2 is 2.00 bits per heavy atom. The van der Waals surface area contributed by atoms with Gasteiger partial charge in [0, 0.05) is 0 Å². The van der Waals surface area contributed by atoms with Crippen LogP contribution in [-0.4, -0.2) is 22.3 Å². The van der Waals surface area contributed by atoms with Gasteiger partial charge in [0.05, 0.1) is 0 Å². The van der Waals surface area contributed by atoms with Crippen molar-refractivity contribution in [1.82, 2.24) is 0 Å². The molecule has 0 amide bonds. The van der Waals surface area contributed by atoms with Gasteiger partial charge in [-0.25, -0.2) is 0 Å². The van der Waals surface area contributed by atoms with Crippen molar-refractivity contribution in [2.75, 3.05) is 0 Å². The summed E-state index contributed by atoms with van der Waals surface area (Å²) in [4.78, 5) is 0.519. The quantitative estimate of drug-likeness (QED) is 0.493. The summed E-state index contributed by atoms with van der Waals surface area (Å²) in [7, 11) is -1.90. The van der Waals surface area contributed by atoms with Crippen LogP contribution in [0, 0.1) is 0 Å². The summed E-state index contributed by atoms with van der Waals surface area (Å²) in [5, 5.41) is 0. The average Bonchev–Trinajstić information content (AvgIpc) is 2.29. The number of hydrogen-bond acceptors (Lipinski definition) is 3. The summed E-state index contributed by atoms with van der Waals surface area (Å²) in [5.41, 5.74) is 0. The van der Waals surface area contributed by atoms with Gasteiger partial charge in [0.1, 0.15) is 0 Å². The monoisotopic (exact) mass is 252 g/mol. The predicted octanol–water partition coefficient (Wildman–Crippen LogP) is 0.367. The average molecular weight is 251 g/mol. The van der Waals surface area contributed by atoms with Gasteiger partial charge in [0.15, 0.2) is 0 Å². The third-order valence-corrected chi connectivity index (χ3v) is 10.8. The van der Waals surface area contributed by atoms with Crippen LogP contribution in [0.2, 0.25) is 0 Å². The molecule has 0 unspecified atom stereocenters. The minimum absolute atomic E-state index is 0.0649. The summed E-state index contributed by atoms with van der Waals surface area (Å²) in [6.07, 6.45) is 0. The van der Waals surface area contributed by atoms with Crippen molar-refractivity contribution in [2.45, 2.75) is 4.90 Å². The molecule has 58 valence electrons. The molecule has 0 aromatic heterocycles. The van der Waals surface area contributed by atoms with E-state index in [1.165, 1.54) is 0 Å². The second kappa shape index (κ2) is 2.52. The van der Waals surface area contributed by atoms with Crippen molar-refractivity contribution in [3.8, 4) is 0 Å². The fourth-order valence-electron chi connectivity index (χ4n) is 0.844. The first-order valence-corrected chi connectivity index (χ1v) is 8.60. The van der Waals surface area contributed by atoms with E-state index in [1.807, 2.05) is 12.1 Å². The van der Waals surface area contributed by atoms with Gasteiger partial charge >= 0.3 is 74.0 Å². The van der Waals surface area contributed by atoms with Gasteiger partial charge in [-0.05, 0) is 0 Å². The van der Waals surface area contributed by atoms with Gasteiger partial charge in [-0.2, -0.15) is 0 Å². The van der Waals surface area contributed by atoms with Gasteiger partial charge in [-0.15, -0.1) is 0 Å². The van der Waals surface area contributed by atoms with Crippen molar-refractivity contribution in [3.63, 3.8) is 0 Å². The predicted molar refractivity (Wildman–Crippen MR) is 46.6 cm³/mol. The summed E-state index contributed by atoms with van der Waals surface area (Å²) >= 11 is 0.0649. The Morgan fingerprint density at radius 1 is 1.27 bits per heavy atom. The molecule has 2 nitrogen and oxygen atoms in total. The standard InChI is InChI=1S/C6H4O2S2Se/c7-10(8)5-3-1-2-4-6(5)11-9-10/h1-4H. The fourth-order valence-corrected chi connectivity index (χ4v) is 10.1. The molecular weight excluding hydrogens is 247 g/mol. The normalized spacial score (nSPS) is 19.6. The first-order valence-electron chi connectivity index (χ1n) is 2.90. The first-order chi connectivity index (χ1) is 5.20. The molecule has 1 aromatic rings. The molecule has 1 aliphatic rings. The van der Waals surface area contributed by atoms with Crippen LogP contribution in [0.25, 0.3) is 0 Å². The number of fused-ring (bicyclic) bond motifs is 1. The molecule has 0 atom stereocenters. The summed E-state index contributed by atoms with van der Waals surface area (Å²) in [6.45, 7) is 0. The number of benzene rings is 1. The SMILES string of the molecule is O=S1(=O)S[Se]c2ccccc21. The Labute approximate surface area is 73.9 Å². The van der Waals surface area contributed by atoms with Gasteiger partial charge < -0.3 is 0 Å². The Morgan fingerprint density at radius 3 is 2.73 bits per heavy atom. The molecule has 1 aromatic carbocycles. The van der Waals surface area contributed by atoms with E-state index in [-0.39, 0.29) is 13.8 Å². The molecule has 0 bridgehead atoms. The van der Waals surface area contributed by atoms with Crippen molar-refractivity contribution in [1.29, 1.82) is 0 Å². The fraction of sp³-hybridized carbons (Fsp3) is 0. The Bertz CT molecular complexity index is 385. The molecule has 0 aliphatic carbocycles. The zero-order chi connectivity index (χ0) is 7.90. The minimum atomic E-state index is -2.96. The molecule has 0 saturated carbocycles. The molecule has 1 aliphatic heterocycles. The van der Waals surface area contributed by atoms with E-state index < -0.39 is 8.87 Å². The third kappa shape index (κ3) is 1.22. The van der Waals surface area contributed by atoms with Gasteiger partial charge in [0.25, 0.3) is 0 Å². The molecule has 0 fully saturated rings. The Hall–Kier alpha value is 0.0395. The van der Waals surface area contributed by atoms with Crippen molar-refractivity contribution in [2.24, 2.45) is 0 Å². The van der Waals surface area contributed by atoms with Gasteiger partial charge in [0.2, 0.25) is 0 Å². The maximum atomic E-state index is 11.2. The maximum absolute atomic E-state index is 11.2. The van der Waals surface area contributed by atoms with E-state index in [9.17, 15) is 8.42 Å². The van der Waals surface area contributed by atoms with Crippen LogP contribution in [0.5, 0.6) is 0 Å². The Kier molecular flexibility index (Phi) is 1.76. The van der Waals surface area contributed by atoms with E-state index in [2.05, 4.69) is 0 Å². The van der Waals surface area contributed by atoms with Gasteiger partial charge in [-0.1, -0.05) is 0 Å². The summed E-state index contributed by atoms with van der Waals surface area (Å²) in [6, 6.07) is 7.19. The topological polar surface area (TPSA) is 34.1 Å². The molecule has 5 heteroatoms. The van der Waals surface area contributed by atoms with Crippen molar-refractivity contribution in [3.05, 3.63) is 24.3 Å². The van der Waals surface area contributed by atoms with Crippen LogP contribution < -0.4 is 4.46 Å². The molecule has 0 saturated heterocycles. The number of rotatable bonds is 0. The molecule has 1 heterocycles.